The maximum atomic E-state index is 15.1. The molecule has 0 bridgehead atoms. The van der Waals surface area contributed by atoms with Crippen LogP contribution in [0.25, 0.3) is 27.9 Å². The maximum absolute atomic E-state index is 15.1. The van der Waals surface area contributed by atoms with Gasteiger partial charge in [-0.3, -0.25) is 4.79 Å². The van der Waals surface area contributed by atoms with Crippen molar-refractivity contribution in [1.29, 1.82) is 0 Å². The minimum absolute atomic E-state index is 0.103. The fourth-order valence-electron chi connectivity index (χ4n) is 5.42. The first-order chi connectivity index (χ1) is 21.2. The van der Waals surface area contributed by atoms with Crippen molar-refractivity contribution >= 4 is 17.2 Å². The van der Waals surface area contributed by atoms with Gasteiger partial charge < -0.3 is 25.0 Å². The van der Waals surface area contributed by atoms with Gasteiger partial charge in [0.25, 0.3) is 0 Å². The number of unbranched alkanes of at least 4 members (excludes halogenated alkanes) is 1. The number of carbonyl (C=O) groups is 1. The summed E-state index contributed by atoms with van der Waals surface area (Å²) >= 11 is 0. The van der Waals surface area contributed by atoms with E-state index in [1.54, 1.807) is 37.4 Å². The molecule has 4 aromatic rings. The number of aliphatic hydroxyl groups is 2. The Bertz CT molecular complexity index is 1620. The van der Waals surface area contributed by atoms with Crippen LogP contribution in [0.15, 0.2) is 54.7 Å². The second kappa shape index (κ2) is 14.0. The van der Waals surface area contributed by atoms with E-state index in [-0.39, 0.29) is 12.2 Å². The Balaban J connectivity index is 0.000000854. The molecule has 2 aromatic carbocycles. The van der Waals surface area contributed by atoms with Crippen molar-refractivity contribution in [2.45, 2.75) is 84.8 Å². The number of benzene rings is 2. The Morgan fingerprint density at radius 3 is 2.38 bits per heavy atom. The summed E-state index contributed by atoms with van der Waals surface area (Å²) in [7, 11) is 0. The van der Waals surface area contributed by atoms with Crippen molar-refractivity contribution in [2.24, 2.45) is 0 Å². The lowest BCUT2D eigenvalue weighted by Crippen LogP contribution is -2.43. The third-order valence-corrected chi connectivity index (χ3v) is 7.72. The number of hydrogen-bond acceptors (Lipinski definition) is 6. The highest BCUT2D eigenvalue weighted by Crippen LogP contribution is 2.38. The van der Waals surface area contributed by atoms with Crippen LogP contribution in [-0.4, -0.2) is 61.8 Å². The summed E-state index contributed by atoms with van der Waals surface area (Å²) < 4.78 is 22.8. The largest absolute Gasteiger partial charge is 0.493 e. The van der Waals surface area contributed by atoms with Crippen LogP contribution in [0.2, 0.25) is 0 Å². The van der Waals surface area contributed by atoms with E-state index in [1.807, 2.05) is 50.4 Å². The van der Waals surface area contributed by atoms with Crippen LogP contribution in [0.1, 0.15) is 71.4 Å². The molecule has 0 atom stereocenters. The van der Waals surface area contributed by atoms with Crippen LogP contribution in [0.4, 0.5) is 10.1 Å². The molecule has 2 aromatic heterocycles. The van der Waals surface area contributed by atoms with Crippen molar-refractivity contribution in [2.75, 3.05) is 24.6 Å². The number of carboxylic acid groups (broad SMARTS) is 1. The van der Waals surface area contributed by atoms with Gasteiger partial charge in [-0.05, 0) is 94.8 Å². The topological polar surface area (TPSA) is 108 Å². The number of nitrogens with zero attached hydrogens (tertiary/aromatic N) is 3. The number of anilines is 1. The Morgan fingerprint density at radius 1 is 1.09 bits per heavy atom. The number of fused-ring (bicyclic) bond motifs is 1. The fraction of sp³-hybridized carbons (Fsp3) is 0.444. The number of aryl methyl sites for hydroxylation is 1. The third-order valence-electron chi connectivity index (χ3n) is 7.72. The smallest absolute Gasteiger partial charge is 0.307 e. The molecule has 45 heavy (non-hydrogen) atoms. The molecule has 1 aliphatic heterocycles. The molecule has 242 valence electrons. The Labute approximate surface area is 265 Å². The molecule has 9 heteroatoms. The molecule has 0 saturated carbocycles. The summed E-state index contributed by atoms with van der Waals surface area (Å²) in [5.74, 6) is -0.733. The monoisotopic (exact) mass is 619 g/mol. The first-order valence-electron chi connectivity index (χ1n) is 15.6. The number of rotatable bonds is 9. The van der Waals surface area contributed by atoms with E-state index >= 15 is 4.39 Å². The lowest BCUT2D eigenvalue weighted by atomic mass is 9.92. The van der Waals surface area contributed by atoms with Crippen molar-refractivity contribution < 1.29 is 29.2 Å². The number of aliphatic carboxylic acids is 1. The Kier molecular flexibility index (Phi) is 10.6. The predicted octanol–water partition coefficient (Wildman–Crippen LogP) is 7.05. The minimum Gasteiger partial charge on any atom is -0.493 e. The van der Waals surface area contributed by atoms with E-state index in [9.17, 15) is 15.0 Å². The molecule has 0 radical (unpaired) electrons. The predicted molar refractivity (Wildman–Crippen MR) is 177 cm³/mol. The van der Waals surface area contributed by atoms with Gasteiger partial charge in [0.1, 0.15) is 11.6 Å². The number of halogens is 1. The number of carboxylic acids is 1. The molecule has 0 spiro atoms. The van der Waals surface area contributed by atoms with Crippen molar-refractivity contribution in [3.63, 3.8) is 0 Å². The molecule has 0 aliphatic carbocycles. The SMILES string of the molecule is CC(C)(C)O.CCCCOc1cccc(F)c1-c1cccc(-c2cc3c(N4CCC(C)(O)CC4)c(CC(=O)O)c(C)cn3n2)c1. The van der Waals surface area contributed by atoms with E-state index < -0.39 is 17.2 Å². The fourth-order valence-corrected chi connectivity index (χ4v) is 5.42. The van der Waals surface area contributed by atoms with E-state index in [4.69, 9.17) is 14.9 Å². The highest BCUT2D eigenvalue weighted by Gasteiger charge is 2.30. The van der Waals surface area contributed by atoms with Crippen LogP contribution in [0.3, 0.4) is 0 Å². The lowest BCUT2D eigenvalue weighted by molar-refractivity contribution is -0.136. The summed E-state index contributed by atoms with van der Waals surface area (Å²) in [6, 6.07) is 14.4. The van der Waals surface area contributed by atoms with Gasteiger partial charge in [-0.2, -0.15) is 5.10 Å². The molecule has 3 heterocycles. The zero-order valence-corrected chi connectivity index (χ0v) is 27.2. The number of hydrogen-bond donors (Lipinski definition) is 3. The van der Waals surface area contributed by atoms with Gasteiger partial charge in [-0.15, -0.1) is 0 Å². The van der Waals surface area contributed by atoms with E-state index in [2.05, 4.69) is 11.8 Å². The average molecular weight is 620 g/mol. The van der Waals surface area contributed by atoms with Crippen LogP contribution in [0.5, 0.6) is 5.75 Å². The second-order valence-corrected chi connectivity index (χ2v) is 13.1. The number of pyridine rings is 1. The van der Waals surface area contributed by atoms with Crippen molar-refractivity contribution in [3.8, 4) is 28.1 Å². The van der Waals surface area contributed by atoms with Crippen molar-refractivity contribution in [1.82, 2.24) is 9.61 Å². The Morgan fingerprint density at radius 2 is 1.73 bits per heavy atom. The highest BCUT2D eigenvalue weighted by atomic mass is 19.1. The Hall–Kier alpha value is -3.95. The van der Waals surface area contributed by atoms with E-state index in [0.717, 1.165) is 40.7 Å². The van der Waals surface area contributed by atoms with Gasteiger partial charge in [-0.1, -0.05) is 37.6 Å². The lowest BCUT2D eigenvalue weighted by Gasteiger charge is -2.38. The molecule has 0 unspecified atom stereocenters. The standard InChI is InChI=1S/C32H36FN3O4.C4H10O/c1-4-5-16-40-28-11-7-10-25(33)30(28)23-9-6-8-22(17-23)26-19-27-31(35-14-12-32(3,39)13-15-35)24(18-29(37)38)21(2)20-36(27)34-26;1-4(2,3)5/h6-11,17,19-20,39H,4-5,12-16,18H2,1-3H3,(H,37,38);5H,1-3H3. The maximum Gasteiger partial charge on any atom is 0.307 e. The van der Waals surface area contributed by atoms with Crippen molar-refractivity contribution in [3.05, 3.63) is 71.7 Å². The number of aromatic nitrogens is 2. The van der Waals surface area contributed by atoms with Gasteiger partial charge in [0.2, 0.25) is 0 Å². The number of piperidine rings is 1. The van der Waals surface area contributed by atoms with Gasteiger partial charge >= 0.3 is 5.97 Å². The van der Waals surface area contributed by atoms with Crippen LogP contribution in [-0.2, 0) is 11.2 Å². The molecule has 1 fully saturated rings. The molecular weight excluding hydrogens is 573 g/mol. The third kappa shape index (κ3) is 8.83. The van der Waals surface area contributed by atoms with Gasteiger partial charge in [0.05, 0.1) is 46.7 Å². The van der Waals surface area contributed by atoms with Gasteiger partial charge in [0, 0.05) is 24.8 Å². The quantitative estimate of drug-likeness (QED) is 0.172. The summed E-state index contributed by atoms with van der Waals surface area (Å²) in [5.41, 5.74) is 4.63. The first-order valence-corrected chi connectivity index (χ1v) is 15.6. The normalized spacial score (nSPS) is 14.6. The summed E-state index contributed by atoms with van der Waals surface area (Å²) in [5, 5.41) is 33.6. The van der Waals surface area contributed by atoms with Gasteiger partial charge in [0.15, 0.2) is 0 Å². The zero-order chi connectivity index (χ0) is 32.9. The minimum atomic E-state index is -0.896. The first kappa shape index (κ1) is 33.9. The summed E-state index contributed by atoms with van der Waals surface area (Å²) in [6.45, 7) is 12.8. The molecule has 0 amide bonds. The highest BCUT2D eigenvalue weighted by molar-refractivity contribution is 5.86. The molecule has 3 N–H and O–H groups in total. The zero-order valence-electron chi connectivity index (χ0n) is 27.2. The van der Waals surface area contributed by atoms with Crippen LogP contribution < -0.4 is 9.64 Å². The summed E-state index contributed by atoms with van der Waals surface area (Å²) in [6.07, 6.45) is 4.81. The van der Waals surface area contributed by atoms with E-state index in [1.165, 1.54) is 6.07 Å². The number of ether oxygens (including phenoxy) is 1. The average Bonchev–Trinajstić information content (AvgIpc) is 3.36. The molecule has 1 aliphatic rings. The molecular formula is C36H46FN3O5. The molecule has 8 nitrogen and oxygen atoms in total. The second-order valence-electron chi connectivity index (χ2n) is 13.1. The van der Waals surface area contributed by atoms with Crippen LogP contribution >= 0.6 is 0 Å². The van der Waals surface area contributed by atoms with Crippen LogP contribution in [0, 0.1) is 12.7 Å². The molecule has 1 saturated heterocycles. The van der Waals surface area contributed by atoms with Gasteiger partial charge in [-0.25, -0.2) is 8.91 Å². The molecule has 5 rings (SSSR count). The summed E-state index contributed by atoms with van der Waals surface area (Å²) in [4.78, 5) is 14.0. The van der Waals surface area contributed by atoms with E-state index in [0.29, 0.717) is 55.1 Å².